The first-order valence-electron chi connectivity index (χ1n) is 10.7. The van der Waals surface area contributed by atoms with Gasteiger partial charge in [0.1, 0.15) is 0 Å². The summed E-state index contributed by atoms with van der Waals surface area (Å²) in [6.07, 6.45) is 8.73. The van der Waals surface area contributed by atoms with Gasteiger partial charge in [-0.25, -0.2) is 0 Å². The number of aryl methyl sites for hydroxylation is 1. The van der Waals surface area contributed by atoms with Gasteiger partial charge in [0.25, 0.3) is 11.9 Å². The third kappa shape index (κ3) is 6.93. The molecule has 3 heterocycles. The number of carboxylic acids is 1. The van der Waals surface area contributed by atoms with E-state index in [4.69, 9.17) is 9.90 Å². The van der Waals surface area contributed by atoms with Crippen LogP contribution in [0.25, 0.3) is 10.9 Å². The highest BCUT2D eigenvalue weighted by Gasteiger charge is 2.16. The minimum Gasteiger partial charge on any atom is -0.481 e. The van der Waals surface area contributed by atoms with Crippen molar-refractivity contribution >= 4 is 22.8 Å². The molecular weight excluding hydrogens is 392 g/mol. The molecule has 4 rings (SSSR count). The molecule has 164 valence electrons. The molecule has 1 saturated heterocycles. The lowest BCUT2D eigenvalue weighted by Crippen LogP contribution is -2.25. The first-order valence-corrected chi connectivity index (χ1v) is 10.7. The van der Waals surface area contributed by atoms with Crippen LogP contribution in [0.15, 0.2) is 55.0 Å². The maximum Gasteiger partial charge on any atom is 0.300 e. The van der Waals surface area contributed by atoms with Crippen LogP contribution in [0.1, 0.15) is 35.7 Å². The van der Waals surface area contributed by atoms with Crippen LogP contribution in [-0.2, 0) is 17.8 Å². The van der Waals surface area contributed by atoms with Crippen molar-refractivity contribution in [1.29, 1.82) is 0 Å². The highest BCUT2D eigenvalue weighted by molar-refractivity contribution is 5.94. The summed E-state index contributed by atoms with van der Waals surface area (Å²) in [6.45, 7) is 4.78. The van der Waals surface area contributed by atoms with E-state index in [1.54, 1.807) is 6.20 Å². The van der Waals surface area contributed by atoms with Gasteiger partial charge < -0.3 is 20.3 Å². The number of para-hydroxylation sites is 1. The maximum absolute atomic E-state index is 12.4. The molecule has 0 bridgehead atoms. The SMILES string of the molecule is CC(=O)O.O=C(NCCCn1ccc2ccccc21)c1cncc(CC2CCNC2)c1. The van der Waals surface area contributed by atoms with Gasteiger partial charge in [-0.05, 0) is 67.4 Å². The molecule has 1 aliphatic rings. The normalized spacial score (nSPS) is 15.3. The fraction of sp³-hybridized carbons (Fsp3) is 0.375. The molecule has 1 fully saturated rings. The van der Waals surface area contributed by atoms with Gasteiger partial charge in [-0.1, -0.05) is 18.2 Å². The minimum absolute atomic E-state index is 0.0359. The second kappa shape index (κ2) is 11.3. The zero-order valence-corrected chi connectivity index (χ0v) is 17.9. The van der Waals surface area contributed by atoms with Crippen molar-refractivity contribution in [2.24, 2.45) is 5.92 Å². The molecule has 31 heavy (non-hydrogen) atoms. The van der Waals surface area contributed by atoms with Crippen LogP contribution < -0.4 is 10.6 Å². The molecule has 1 atom stereocenters. The lowest BCUT2D eigenvalue weighted by Gasteiger charge is -2.10. The van der Waals surface area contributed by atoms with Crippen LogP contribution in [0.3, 0.4) is 0 Å². The van der Waals surface area contributed by atoms with Crippen LogP contribution >= 0.6 is 0 Å². The smallest absolute Gasteiger partial charge is 0.300 e. The Morgan fingerprint density at radius 1 is 1.26 bits per heavy atom. The highest BCUT2D eigenvalue weighted by Crippen LogP contribution is 2.16. The summed E-state index contributed by atoms with van der Waals surface area (Å²) in [5.41, 5.74) is 3.04. The van der Waals surface area contributed by atoms with Crippen molar-refractivity contribution in [3.63, 3.8) is 0 Å². The van der Waals surface area contributed by atoms with E-state index in [0.29, 0.717) is 18.0 Å². The average Bonchev–Trinajstić information content (AvgIpc) is 3.41. The van der Waals surface area contributed by atoms with Crippen molar-refractivity contribution in [2.75, 3.05) is 19.6 Å². The molecule has 7 heteroatoms. The van der Waals surface area contributed by atoms with Gasteiger partial charge in [0, 0.05) is 44.1 Å². The third-order valence-corrected chi connectivity index (χ3v) is 5.29. The van der Waals surface area contributed by atoms with Crippen molar-refractivity contribution in [3.8, 4) is 0 Å². The zero-order chi connectivity index (χ0) is 22.1. The van der Waals surface area contributed by atoms with Crippen LogP contribution in [0.5, 0.6) is 0 Å². The second-order valence-corrected chi connectivity index (χ2v) is 7.84. The number of hydrogen-bond donors (Lipinski definition) is 3. The molecule has 1 aliphatic heterocycles. The predicted octanol–water partition coefficient (Wildman–Crippen LogP) is 3.10. The molecule has 0 aliphatic carbocycles. The zero-order valence-electron chi connectivity index (χ0n) is 17.9. The molecule has 3 N–H and O–H groups in total. The van der Waals surface area contributed by atoms with E-state index in [1.807, 2.05) is 12.3 Å². The molecule has 0 spiro atoms. The van der Waals surface area contributed by atoms with Gasteiger partial charge in [0.15, 0.2) is 0 Å². The van der Waals surface area contributed by atoms with Crippen molar-refractivity contribution < 1.29 is 14.7 Å². The highest BCUT2D eigenvalue weighted by atomic mass is 16.4. The standard InChI is InChI=1S/C22H26N4O.C2H4O2/c27-22(20-13-18(15-24-16-20)12-17-6-9-23-14-17)25-8-3-10-26-11-7-19-4-1-2-5-21(19)26;1-2(3)4/h1-2,4-5,7,11,13,15-17,23H,3,6,8-10,12,14H2,(H,25,27);1H3,(H,3,4). The Morgan fingerprint density at radius 2 is 2.06 bits per heavy atom. The fourth-order valence-electron chi connectivity index (χ4n) is 3.83. The van der Waals surface area contributed by atoms with E-state index >= 15 is 0 Å². The maximum atomic E-state index is 12.4. The molecule has 1 unspecified atom stereocenters. The Morgan fingerprint density at radius 3 is 2.84 bits per heavy atom. The lowest BCUT2D eigenvalue weighted by atomic mass is 9.99. The largest absolute Gasteiger partial charge is 0.481 e. The summed E-state index contributed by atoms with van der Waals surface area (Å²) < 4.78 is 2.24. The molecule has 2 aromatic heterocycles. The summed E-state index contributed by atoms with van der Waals surface area (Å²) in [6, 6.07) is 12.5. The Kier molecular flexibility index (Phi) is 8.18. The van der Waals surface area contributed by atoms with Crippen LogP contribution in [0.2, 0.25) is 0 Å². The van der Waals surface area contributed by atoms with Crippen molar-refractivity contribution in [1.82, 2.24) is 20.2 Å². The van der Waals surface area contributed by atoms with Crippen LogP contribution in [-0.4, -0.2) is 46.2 Å². The van der Waals surface area contributed by atoms with Gasteiger partial charge in [0.2, 0.25) is 0 Å². The predicted molar refractivity (Wildman–Crippen MR) is 121 cm³/mol. The first-order chi connectivity index (χ1) is 15.0. The van der Waals surface area contributed by atoms with E-state index in [1.165, 1.54) is 17.3 Å². The van der Waals surface area contributed by atoms with Gasteiger partial charge in [-0.3, -0.25) is 14.6 Å². The summed E-state index contributed by atoms with van der Waals surface area (Å²) in [4.78, 5) is 25.7. The van der Waals surface area contributed by atoms with E-state index in [-0.39, 0.29) is 5.91 Å². The molecular formula is C24H30N4O3. The first kappa shape index (κ1) is 22.5. The fourth-order valence-corrected chi connectivity index (χ4v) is 3.83. The summed E-state index contributed by atoms with van der Waals surface area (Å²) in [7, 11) is 0. The number of nitrogens with zero attached hydrogens (tertiary/aromatic N) is 2. The number of aromatic nitrogens is 2. The second-order valence-electron chi connectivity index (χ2n) is 7.84. The number of carbonyl (C=O) groups excluding carboxylic acids is 1. The molecule has 1 amide bonds. The number of aliphatic carboxylic acids is 1. The Labute approximate surface area is 182 Å². The number of fused-ring (bicyclic) bond motifs is 1. The van der Waals surface area contributed by atoms with Crippen molar-refractivity contribution in [2.45, 2.75) is 32.7 Å². The summed E-state index contributed by atoms with van der Waals surface area (Å²) in [5, 5.41) is 15.1. The Hall–Kier alpha value is -3.19. The molecule has 3 aromatic rings. The number of amides is 1. The lowest BCUT2D eigenvalue weighted by molar-refractivity contribution is -0.134. The van der Waals surface area contributed by atoms with Crippen molar-refractivity contribution in [3.05, 3.63) is 66.1 Å². The summed E-state index contributed by atoms with van der Waals surface area (Å²) >= 11 is 0. The quantitative estimate of drug-likeness (QED) is 0.509. The molecule has 1 aromatic carbocycles. The number of nitrogens with one attached hydrogen (secondary N) is 2. The van der Waals surface area contributed by atoms with Gasteiger partial charge in [-0.15, -0.1) is 0 Å². The summed E-state index contributed by atoms with van der Waals surface area (Å²) in [5.74, 6) is -0.215. The number of rotatable bonds is 7. The van der Waals surface area contributed by atoms with E-state index < -0.39 is 5.97 Å². The number of hydrogen-bond acceptors (Lipinski definition) is 4. The van der Waals surface area contributed by atoms with E-state index in [9.17, 15) is 4.79 Å². The van der Waals surface area contributed by atoms with E-state index in [0.717, 1.165) is 45.0 Å². The Balaban J connectivity index is 0.000000628. The number of carboxylic acid groups (broad SMARTS) is 1. The van der Waals surface area contributed by atoms with Crippen LogP contribution in [0.4, 0.5) is 0 Å². The van der Waals surface area contributed by atoms with E-state index in [2.05, 4.69) is 56.7 Å². The topological polar surface area (TPSA) is 96.2 Å². The molecule has 0 saturated carbocycles. The van der Waals surface area contributed by atoms with Gasteiger partial charge in [0.05, 0.1) is 5.56 Å². The number of pyridine rings is 1. The number of carbonyl (C=O) groups is 2. The Bertz CT molecular complexity index is 1000. The number of benzene rings is 1. The van der Waals surface area contributed by atoms with Crippen LogP contribution in [0, 0.1) is 5.92 Å². The average molecular weight is 423 g/mol. The third-order valence-electron chi connectivity index (χ3n) is 5.29. The van der Waals surface area contributed by atoms with Gasteiger partial charge >= 0.3 is 0 Å². The molecule has 7 nitrogen and oxygen atoms in total. The monoisotopic (exact) mass is 422 g/mol. The minimum atomic E-state index is -0.833. The van der Waals surface area contributed by atoms with Gasteiger partial charge in [-0.2, -0.15) is 0 Å². The molecule has 0 radical (unpaired) electrons.